The standard InChI is InChI=1S/C25H27N2/c1-19-10-6-9-15-23(19)27-18-26-17-16-25(24(26)20(27)2,22-13-7-8-14-22)21-11-4-3-5-12-21/h3-6,9-12,15-18,22H,7-8,13-14H2,1-2H3/q+1/i18D. The molecule has 136 valence electrons. The summed E-state index contributed by atoms with van der Waals surface area (Å²) in [6.07, 6.45) is 10.2. The second-order valence-electron chi connectivity index (χ2n) is 8.06. The van der Waals surface area contributed by atoms with E-state index < -0.39 is 0 Å². The SMILES string of the molecule is [2H]c1n2c(c(C)[n+]1-c1ccccc1C)C(c1ccccc1)(C1CCCC1)C=C2. The highest BCUT2D eigenvalue weighted by Gasteiger charge is 2.50. The van der Waals surface area contributed by atoms with Gasteiger partial charge in [0.2, 0.25) is 0 Å². The quantitative estimate of drug-likeness (QED) is 0.560. The summed E-state index contributed by atoms with van der Waals surface area (Å²) < 4.78 is 13.2. The van der Waals surface area contributed by atoms with E-state index in [0.717, 1.165) is 5.69 Å². The Morgan fingerprint density at radius 3 is 2.44 bits per heavy atom. The highest BCUT2D eigenvalue weighted by atomic mass is 15.2. The van der Waals surface area contributed by atoms with Crippen LogP contribution in [0.15, 0.2) is 67.0 Å². The van der Waals surface area contributed by atoms with Crippen molar-refractivity contribution >= 4 is 6.20 Å². The minimum Gasteiger partial charge on any atom is -0.205 e. The second kappa shape index (κ2) is 6.23. The summed E-state index contributed by atoms with van der Waals surface area (Å²) in [6.45, 7) is 4.32. The van der Waals surface area contributed by atoms with Crippen LogP contribution in [0, 0.1) is 19.8 Å². The molecule has 1 saturated carbocycles. The van der Waals surface area contributed by atoms with Crippen molar-refractivity contribution in [2.45, 2.75) is 44.9 Å². The van der Waals surface area contributed by atoms with E-state index in [2.05, 4.69) is 89.9 Å². The summed E-state index contributed by atoms with van der Waals surface area (Å²) in [5.41, 5.74) is 5.98. The van der Waals surface area contributed by atoms with E-state index in [4.69, 9.17) is 1.37 Å². The highest BCUT2D eigenvalue weighted by Crippen LogP contribution is 2.51. The van der Waals surface area contributed by atoms with Crippen molar-refractivity contribution in [3.05, 3.63) is 89.5 Å². The van der Waals surface area contributed by atoms with Gasteiger partial charge in [0.05, 0.1) is 11.6 Å². The average Bonchev–Trinajstić information content (AvgIpc) is 3.43. The van der Waals surface area contributed by atoms with Crippen molar-refractivity contribution in [2.24, 2.45) is 5.92 Å². The molecule has 27 heavy (non-hydrogen) atoms. The van der Waals surface area contributed by atoms with Crippen LogP contribution in [0.1, 0.15) is 49.6 Å². The number of fused-ring (bicyclic) bond motifs is 1. The molecular formula is C25H27N2+. The Hall–Kier alpha value is -2.61. The van der Waals surface area contributed by atoms with Crippen LogP contribution >= 0.6 is 0 Å². The highest BCUT2D eigenvalue weighted by molar-refractivity contribution is 5.55. The fourth-order valence-corrected chi connectivity index (χ4v) is 5.33. The van der Waals surface area contributed by atoms with Crippen molar-refractivity contribution in [1.29, 1.82) is 0 Å². The van der Waals surface area contributed by atoms with Crippen molar-refractivity contribution in [3.63, 3.8) is 0 Å². The first-order valence-corrected chi connectivity index (χ1v) is 10.1. The minimum atomic E-state index is -0.133. The minimum absolute atomic E-state index is 0.133. The molecule has 0 N–H and O–H groups in total. The van der Waals surface area contributed by atoms with E-state index >= 15 is 0 Å². The zero-order chi connectivity index (χ0) is 19.3. The molecule has 1 fully saturated rings. The molecule has 0 saturated heterocycles. The number of rotatable bonds is 3. The maximum atomic E-state index is 8.97. The zero-order valence-corrected chi connectivity index (χ0v) is 16.2. The van der Waals surface area contributed by atoms with Crippen molar-refractivity contribution in [3.8, 4) is 5.69 Å². The number of aromatic nitrogens is 2. The number of hydrogen-bond donors (Lipinski definition) is 0. The molecule has 1 aliphatic carbocycles. The normalized spacial score (nSPS) is 22.2. The van der Waals surface area contributed by atoms with Crippen LogP contribution in [-0.4, -0.2) is 4.57 Å². The van der Waals surface area contributed by atoms with Gasteiger partial charge in [-0.1, -0.05) is 61.4 Å². The average molecular weight is 357 g/mol. The maximum absolute atomic E-state index is 8.97. The Labute approximate surface area is 163 Å². The molecule has 3 aromatic rings. The van der Waals surface area contributed by atoms with Crippen LogP contribution < -0.4 is 4.57 Å². The van der Waals surface area contributed by atoms with Crippen LogP contribution in [-0.2, 0) is 5.41 Å². The molecule has 1 aliphatic heterocycles. The van der Waals surface area contributed by atoms with Crippen LogP contribution in [0.4, 0.5) is 0 Å². The Morgan fingerprint density at radius 2 is 1.70 bits per heavy atom. The lowest BCUT2D eigenvalue weighted by Gasteiger charge is -2.32. The Balaban J connectivity index is 1.79. The topological polar surface area (TPSA) is 8.81 Å². The maximum Gasteiger partial charge on any atom is 0.254 e. The van der Waals surface area contributed by atoms with Gasteiger partial charge in [-0.15, -0.1) is 0 Å². The number of allylic oxidation sites excluding steroid dienone is 1. The van der Waals surface area contributed by atoms with E-state index in [1.807, 2.05) is 0 Å². The van der Waals surface area contributed by atoms with Crippen molar-refractivity contribution in [1.82, 2.24) is 4.57 Å². The summed E-state index contributed by atoms with van der Waals surface area (Å²) in [7, 11) is 0. The Morgan fingerprint density at radius 1 is 1.00 bits per heavy atom. The third-order valence-electron chi connectivity index (χ3n) is 6.61. The summed E-state index contributed by atoms with van der Waals surface area (Å²) in [6, 6.07) is 19.3. The summed E-state index contributed by atoms with van der Waals surface area (Å²) in [5, 5.41) is 0. The lowest BCUT2D eigenvalue weighted by atomic mass is 9.67. The van der Waals surface area contributed by atoms with Gasteiger partial charge in [0, 0.05) is 6.92 Å². The number of para-hydroxylation sites is 1. The third-order valence-corrected chi connectivity index (χ3v) is 6.61. The first-order valence-electron chi connectivity index (χ1n) is 10.6. The lowest BCUT2D eigenvalue weighted by molar-refractivity contribution is -0.602. The predicted octanol–water partition coefficient (Wildman–Crippen LogP) is 5.34. The molecule has 2 aromatic carbocycles. The molecule has 5 rings (SSSR count). The van der Waals surface area contributed by atoms with Crippen LogP contribution in [0.25, 0.3) is 11.9 Å². The second-order valence-corrected chi connectivity index (χ2v) is 8.06. The van der Waals surface area contributed by atoms with Gasteiger partial charge >= 0.3 is 0 Å². The molecule has 2 heterocycles. The lowest BCUT2D eigenvalue weighted by Crippen LogP contribution is -2.37. The molecule has 2 heteroatoms. The van der Waals surface area contributed by atoms with Gasteiger partial charge < -0.3 is 0 Å². The smallest absolute Gasteiger partial charge is 0.205 e. The van der Waals surface area contributed by atoms with E-state index in [-0.39, 0.29) is 5.41 Å². The number of hydrogen-bond acceptors (Lipinski definition) is 0. The molecule has 0 bridgehead atoms. The molecular weight excluding hydrogens is 328 g/mol. The number of aryl methyl sites for hydroxylation is 1. The van der Waals surface area contributed by atoms with Gasteiger partial charge in [-0.05, 0) is 49.0 Å². The van der Waals surface area contributed by atoms with Gasteiger partial charge in [0.1, 0.15) is 11.4 Å². The molecule has 1 aromatic heterocycles. The summed E-state index contributed by atoms with van der Waals surface area (Å²) >= 11 is 0. The van der Waals surface area contributed by atoms with Gasteiger partial charge in [0.25, 0.3) is 6.30 Å². The van der Waals surface area contributed by atoms with Gasteiger partial charge in [0.15, 0.2) is 7.06 Å². The van der Waals surface area contributed by atoms with Gasteiger partial charge in [-0.3, -0.25) is 0 Å². The molecule has 0 radical (unpaired) electrons. The fourth-order valence-electron chi connectivity index (χ4n) is 5.33. The number of nitrogens with zero attached hydrogens (tertiary/aromatic N) is 2. The van der Waals surface area contributed by atoms with E-state index in [0.29, 0.717) is 12.2 Å². The largest absolute Gasteiger partial charge is 0.254 e. The molecule has 1 atom stereocenters. The number of benzene rings is 2. The Bertz CT molecular complexity index is 1060. The molecule has 2 nitrogen and oxygen atoms in total. The summed E-state index contributed by atoms with van der Waals surface area (Å²) in [4.78, 5) is 0. The zero-order valence-electron chi connectivity index (χ0n) is 17.2. The molecule has 1 unspecified atom stereocenters. The first kappa shape index (κ1) is 15.4. The molecule has 2 aliphatic rings. The van der Waals surface area contributed by atoms with Gasteiger partial charge in [-0.2, -0.15) is 4.57 Å². The van der Waals surface area contributed by atoms with Crippen molar-refractivity contribution < 1.29 is 5.94 Å². The van der Waals surface area contributed by atoms with E-state index in [1.54, 1.807) is 0 Å². The van der Waals surface area contributed by atoms with Gasteiger partial charge in [-0.25, -0.2) is 4.57 Å². The monoisotopic (exact) mass is 356 g/mol. The van der Waals surface area contributed by atoms with Crippen LogP contribution in [0.3, 0.4) is 0 Å². The van der Waals surface area contributed by atoms with Crippen LogP contribution in [0.5, 0.6) is 0 Å². The first-order chi connectivity index (χ1) is 13.6. The molecule has 0 amide bonds. The molecule has 0 spiro atoms. The third kappa shape index (κ3) is 2.36. The summed E-state index contributed by atoms with van der Waals surface area (Å²) in [5.74, 6) is 0.589. The fraction of sp³-hybridized carbons (Fsp3) is 0.320. The van der Waals surface area contributed by atoms with E-state index in [1.165, 1.54) is 48.2 Å². The predicted molar refractivity (Wildman–Crippen MR) is 110 cm³/mol. The number of imidazole rings is 1. The van der Waals surface area contributed by atoms with Crippen LogP contribution in [0.2, 0.25) is 0 Å². The Kier molecular flexibility index (Phi) is 3.56. The van der Waals surface area contributed by atoms with E-state index in [9.17, 15) is 0 Å². The van der Waals surface area contributed by atoms with Crippen molar-refractivity contribution in [2.75, 3.05) is 0 Å².